The number of rotatable bonds is 6. The summed E-state index contributed by atoms with van der Waals surface area (Å²) in [7, 11) is 0. The molecule has 1 heteroatoms. The van der Waals surface area contributed by atoms with Crippen LogP contribution in [0.15, 0.2) is 48.5 Å². The number of benzene rings is 2. The molecule has 1 fully saturated rings. The maximum atomic E-state index is 3.62. The zero-order chi connectivity index (χ0) is 14.7. The molecule has 0 aliphatic heterocycles. The normalized spacial score (nSPS) is 15.9. The van der Waals surface area contributed by atoms with Crippen molar-refractivity contribution in [1.82, 2.24) is 5.32 Å². The van der Waals surface area contributed by atoms with Gasteiger partial charge in [-0.05, 0) is 54.4 Å². The lowest BCUT2D eigenvalue weighted by Gasteiger charge is -2.15. The molecule has 3 rings (SSSR count). The average molecular weight is 279 g/mol. The van der Waals surface area contributed by atoms with Crippen molar-refractivity contribution in [3.8, 4) is 0 Å². The molecule has 1 unspecified atom stereocenters. The highest BCUT2D eigenvalue weighted by Gasteiger charge is 2.22. The van der Waals surface area contributed by atoms with Crippen molar-refractivity contribution in [2.24, 2.45) is 0 Å². The third kappa shape index (κ3) is 3.74. The first-order valence-electron chi connectivity index (χ1n) is 8.17. The van der Waals surface area contributed by atoms with E-state index < -0.39 is 0 Å². The zero-order valence-electron chi connectivity index (χ0n) is 13.1. The molecule has 21 heavy (non-hydrogen) atoms. The van der Waals surface area contributed by atoms with E-state index in [1.54, 1.807) is 0 Å². The van der Waals surface area contributed by atoms with Gasteiger partial charge in [0.05, 0.1) is 0 Å². The quantitative estimate of drug-likeness (QED) is 0.786. The topological polar surface area (TPSA) is 12.0 Å². The Morgan fingerprint density at radius 3 is 2.14 bits per heavy atom. The molecule has 2 aromatic carbocycles. The molecule has 1 aliphatic rings. The molecule has 0 radical (unpaired) electrons. The summed E-state index contributed by atoms with van der Waals surface area (Å²) in [5.41, 5.74) is 5.65. The fourth-order valence-electron chi connectivity index (χ4n) is 2.76. The average Bonchev–Trinajstić information content (AvgIpc) is 3.38. The molecular formula is C20H25N. The van der Waals surface area contributed by atoms with E-state index in [0.29, 0.717) is 6.04 Å². The SMILES string of the molecule is CCc1ccc(C(C)NCc2ccc(C3CC3)cc2)cc1. The van der Waals surface area contributed by atoms with Crippen LogP contribution in [0.3, 0.4) is 0 Å². The fraction of sp³-hybridized carbons (Fsp3) is 0.400. The first-order chi connectivity index (χ1) is 10.3. The molecule has 1 saturated carbocycles. The van der Waals surface area contributed by atoms with Gasteiger partial charge in [-0.15, -0.1) is 0 Å². The highest BCUT2D eigenvalue weighted by Crippen LogP contribution is 2.39. The molecule has 0 spiro atoms. The van der Waals surface area contributed by atoms with Crippen LogP contribution in [0.25, 0.3) is 0 Å². The molecule has 1 nitrogen and oxygen atoms in total. The second-order valence-corrected chi connectivity index (χ2v) is 6.21. The second-order valence-electron chi connectivity index (χ2n) is 6.21. The third-order valence-electron chi connectivity index (χ3n) is 4.53. The van der Waals surface area contributed by atoms with Crippen LogP contribution in [0.4, 0.5) is 0 Å². The van der Waals surface area contributed by atoms with E-state index in [9.17, 15) is 0 Å². The summed E-state index contributed by atoms with van der Waals surface area (Å²) in [6.45, 7) is 5.36. The standard InChI is InChI=1S/C20H25N/c1-3-16-4-8-18(9-5-16)15(2)21-14-17-6-10-19(11-7-17)20-12-13-20/h4-11,15,20-21H,3,12-14H2,1-2H3. The summed E-state index contributed by atoms with van der Waals surface area (Å²) in [6.07, 6.45) is 3.86. The molecule has 0 bridgehead atoms. The van der Waals surface area contributed by atoms with Gasteiger partial charge in [0.2, 0.25) is 0 Å². The Labute approximate surface area is 128 Å². The van der Waals surface area contributed by atoms with Crippen LogP contribution in [0, 0.1) is 0 Å². The lowest BCUT2D eigenvalue weighted by Crippen LogP contribution is -2.18. The lowest BCUT2D eigenvalue weighted by atomic mass is 10.0. The van der Waals surface area contributed by atoms with Gasteiger partial charge in [0.25, 0.3) is 0 Å². The molecule has 110 valence electrons. The Kier molecular flexibility index (Phi) is 4.40. The van der Waals surface area contributed by atoms with E-state index >= 15 is 0 Å². The van der Waals surface area contributed by atoms with Crippen molar-refractivity contribution in [3.05, 3.63) is 70.8 Å². The number of aryl methyl sites for hydroxylation is 1. The van der Waals surface area contributed by atoms with E-state index in [4.69, 9.17) is 0 Å². The number of hydrogen-bond acceptors (Lipinski definition) is 1. The molecule has 1 aliphatic carbocycles. The zero-order valence-corrected chi connectivity index (χ0v) is 13.1. The summed E-state index contributed by atoms with van der Waals surface area (Å²) < 4.78 is 0. The van der Waals surface area contributed by atoms with Gasteiger partial charge in [0, 0.05) is 12.6 Å². The van der Waals surface area contributed by atoms with Gasteiger partial charge in [-0.3, -0.25) is 0 Å². The van der Waals surface area contributed by atoms with Crippen molar-refractivity contribution in [2.45, 2.75) is 51.6 Å². The number of nitrogens with one attached hydrogen (secondary N) is 1. The van der Waals surface area contributed by atoms with E-state index in [2.05, 4.69) is 67.7 Å². The maximum Gasteiger partial charge on any atom is 0.0294 e. The van der Waals surface area contributed by atoms with Crippen molar-refractivity contribution in [3.63, 3.8) is 0 Å². The Morgan fingerprint density at radius 2 is 1.57 bits per heavy atom. The van der Waals surface area contributed by atoms with Crippen LogP contribution in [0.2, 0.25) is 0 Å². The Bertz CT molecular complexity index is 564. The third-order valence-corrected chi connectivity index (χ3v) is 4.53. The van der Waals surface area contributed by atoms with Crippen LogP contribution in [0.1, 0.15) is 60.9 Å². The highest BCUT2D eigenvalue weighted by atomic mass is 14.9. The molecule has 0 aromatic heterocycles. The van der Waals surface area contributed by atoms with Crippen molar-refractivity contribution < 1.29 is 0 Å². The highest BCUT2D eigenvalue weighted by molar-refractivity contribution is 5.28. The predicted octanol–water partition coefficient (Wildman–Crippen LogP) is 4.98. The van der Waals surface area contributed by atoms with Crippen LogP contribution in [0.5, 0.6) is 0 Å². The molecular weight excluding hydrogens is 254 g/mol. The van der Waals surface area contributed by atoms with E-state index in [1.165, 1.54) is 35.1 Å². The molecule has 1 N–H and O–H groups in total. The molecule has 1 atom stereocenters. The van der Waals surface area contributed by atoms with E-state index in [1.807, 2.05) is 0 Å². The van der Waals surface area contributed by atoms with Gasteiger partial charge >= 0.3 is 0 Å². The minimum absolute atomic E-state index is 0.388. The predicted molar refractivity (Wildman–Crippen MR) is 89.5 cm³/mol. The minimum Gasteiger partial charge on any atom is -0.306 e. The van der Waals surface area contributed by atoms with Crippen LogP contribution in [-0.2, 0) is 13.0 Å². The van der Waals surface area contributed by atoms with Gasteiger partial charge < -0.3 is 5.32 Å². The smallest absolute Gasteiger partial charge is 0.0294 e. The summed E-state index contributed by atoms with van der Waals surface area (Å²) in [4.78, 5) is 0. The van der Waals surface area contributed by atoms with Crippen LogP contribution in [-0.4, -0.2) is 0 Å². The van der Waals surface area contributed by atoms with Crippen molar-refractivity contribution in [2.75, 3.05) is 0 Å². The molecule has 0 amide bonds. The van der Waals surface area contributed by atoms with E-state index in [-0.39, 0.29) is 0 Å². The second kappa shape index (κ2) is 6.44. The first kappa shape index (κ1) is 14.3. The van der Waals surface area contributed by atoms with Crippen LogP contribution < -0.4 is 5.32 Å². The van der Waals surface area contributed by atoms with Gasteiger partial charge in [-0.2, -0.15) is 0 Å². The lowest BCUT2D eigenvalue weighted by molar-refractivity contribution is 0.574. The molecule has 2 aromatic rings. The van der Waals surface area contributed by atoms with Crippen molar-refractivity contribution >= 4 is 0 Å². The monoisotopic (exact) mass is 279 g/mol. The van der Waals surface area contributed by atoms with Gasteiger partial charge in [0.1, 0.15) is 0 Å². The summed E-state index contributed by atoms with van der Waals surface area (Å²) in [5, 5.41) is 3.62. The molecule has 0 heterocycles. The fourth-order valence-corrected chi connectivity index (χ4v) is 2.76. The summed E-state index contributed by atoms with van der Waals surface area (Å²) >= 11 is 0. The largest absolute Gasteiger partial charge is 0.306 e. The van der Waals surface area contributed by atoms with Gasteiger partial charge in [-0.1, -0.05) is 55.5 Å². The van der Waals surface area contributed by atoms with Gasteiger partial charge in [-0.25, -0.2) is 0 Å². The Hall–Kier alpha value is -1.60. The minimum atomic E-state index is 0.388. The van der Waals surface area contributed by atoms with E-state index in [0.717, 1.165) is 18.9 Å². The summed E-state index contributed by atoms with van der Waals surface area (Å²) in [6, 6.07) is 18.5. The maximum absolute atomic E-state index is 3.62. The Morgan fingerprint density at radius 1 is 0.952 bits per heavy atom. The van der Waals surface area contributed by atoms with Crippen LogP contribution >= 0.6 is 0 Å². The Balaban J connectivity index is 1.55. The van der Waals surface area contributed by atoms with Gasteiger partial charge in [0.15, 0.2) is 0 Å². The molecule has 0 saturated heterocycles. The summed E-state index contributed by atoms with van der Waals surface area (Å²) in [5.74, 6) is 0.850. The number of hydrogen-bond donors (Lipinski definition) is 1. The van der Waals surface area contributed by atoms with Crippen molar-refractivity contribution in [1.29, 1.82) is 0 Å². The first-order valence-corrected chi connectivity index (χ1v) is 8.17.